The first-order valence-electron chi connectivity index (χ1n) is 8.43. The SMILES string of the molecule is Cn1nnnc1C1=CCN(CC2CC(C3CCC3)C2)CC1. The zero-order chi connectivity index (χ0) is 14.2. The molecule has 0 aromatic carbocycles. The largest absolute Gasteiger partial charge is 0.299 e. The Hall–Kier alpha value is -1.23. The average Bonchev–Trinajstić information content (AvgIpc) is 2.81. The van der Waals surface area contributed by atoms with Crippen LogP contribution in [0, 0.1) is 17.8 Å². The molecule has 0 atom stereocenters. The third-order valence-electron chi connectivity index (χ3n) is 5.81. The summed E-state index contributed by atoms with van der Waals surface area (Å²) in [5.74, 6) is 4.06. The van der Waals surface area contributed by atoms with E-state index in [0.29, 0.717) is 0 Å². The smallest absolute Gasteiger partial charge is 0.177 e. The van der Waals surface area contributed by atoms with E-state index in [0.717, 1.165) is 43.1 Å². The molecule has 0 amide bonds. The third kappa shape index (κ3) is 2.63. The zero-order valence-electron chi connectivity index (χ0n) is 12.9. The summed E-state index contributed by atoms with van der Waals surface area (Å²) in [6, 6.07) is 0. The van der Waals surface area contributed by atoms with Crippen LogP contribution < -0.4 is 0 Å². The van der Waals surface area contributed by atoms with Crippen molar-refractivity contribution >= 4 is 5.57 Å². The maximum absolute atomic E-state index is 4.11. The van der Waals surface area contributed by atoms with Crippen LogP contribution in [-0.4, -0.2) is 44.7 Å². The van der Waals surface area contributed by atoms with Gasteiger partial charge in [-0.2, -0.15) is 0 Å². The molecule has 1 aromatic rings. The highest BCUT2D eigenvalue weighted by molar-refractivity contribution is 5.60. The topological polar surface area (TPSA) is 46.8 Å². The maximum atomic E-state index is 4.11. The van der Waals surface area contributed by atoms with E-state index >= 15 is 0 Å². The number of aryl methyl sites for hydroxylation is 1. The molecule has 0 radical (unpaired) electrons. The molecule has 114 valence electrons. The van der Waals surface area contributed by atoms with Crippen molar-refractivity contribution in [3.8, 4) is 0 Å². The van der Waals surface area contributed by atoms with Gasteiger partial charge in [-0.3, -0.25) is 4.90 Å². The van der Waals surface area contributed by atoms with E-state index in [4.69, 9.17) is 0 Å². The molecule has 0 saturated heterocycles. The van der Waals surface area contributed by atoms with Gasteiger partial charge in [-0.05, 0) is 53.0 Å². The van der Waals surface area contributed by atoms with Crippen molar-refractivity contribution in [2.45, 2.75) is 38.5 Å². The minimum absolute atomic E-state index is 0.934. The standard InChI is InChI=1S/C16H25N5/c1-20-16(17-18-19-20)14-5-7-21(8-6-14)11-12-9-15(10-12)13-3-2-4-13/h5,12-13,15H,2-4,6-11H2,1H3. The molecule has 1 aromatic heterocycles. The average molecular weight is 287 g/mol. The van der Waals surface area contributed by atoms with E-state index in [-0.39, 0.29) is 0 Å². The van der Waals surface area contributed by atoms with Gasteiger partial charge in [0, 0.05) is 26.7 Å². The lowest BCUT2D eigenvalue weighted by Gasteiger charge is -2.46. The highest BCUT2D eigenvalue weighted by Gasteiger charge is 2.38. The van der Waals surface area contributed by atoms with Crippen LogP contribution >= 0.6 is 0 Å². The number of tetrazole rings is 1. The summed E-state index contributed by atoms with van der Waals surface area (Å²) in [6.07, 6.45) is 10.9. The van der Waals surface area contributed by atoms with Crippen LogP contribution in [0.2, 0.25) is 0 Å². The van der Waals surface area contributed by atoms with Gasteiger partial charge in [0.25, 0.3) is 0 Å². The van der Waals surface area contributed by atoms with Gasteiger partial charge in [0.15, 0.2) is 5.82 Å². The summed E-state index contributed by atoms with van der Waals surface area (Å²) < 4.78 is 1.77. The van der Waals surface area contributed by atoms with Crippen LogP contribution in [0.25, 0.3) is 5.57 Å². The normalized spacial score (nSPS) is 30.6. The van der Waals surface area contributed by atoms with Gasteiger partial charge in [-0.25, -0.2) is 4.68 Å². The first-order valence-corrected chi connectivity index (χ1v) is 8.43. The molecule has 5 heteroatoms. The van der Waals surface area contributed by atoms with Gasteiger partial charge < -0.3 is 0 Å². The number of nitrogens with zero attached hydrogens (tertiary/aromatic N) is 5. The van der Waals surface area contributed by atoms with Crippen molar-refractivity contribution in [3.63, 3.8) is 0 Å². The lowest BCUT2D eigenvalue weighted by Crippen LogP contribution is -2.41. The molecule has 2 fully saturated rings. The second kappa shape index (κ2) is 5.52. The highest BCUT2D eigenvalue weighted by Crippen LogP contribution is 2.47. The van der Waals surface area contributed by atoms with Crippen molar-refractivity contribution in [2.75, 3.05) is 19.6 Å². The number of aromatic nitrogens is 4. The Labute approximate surface area is 126 Å². The molecule has 1 aliphatic heterocycles. The van der Waals surface area contributed by atoms with Crippen molar-refractivity contribution in [2.24, 2.45) is 24.8 Å². The van der Waals surface area contributed by atoms with Crippen LogP contribution in [0.1, 0.15) is 44.3 Å². The van der Waals surface area contributed by atoms with Crippen LogP contribution in [0.15, 0.2) is 6.08 Å². The third-order valence-corrected chi connectivity index (χ3v) is 5.81. The first kappa shape index (κ1) is 13.4. The molecule has 3 aliphatic rings. The Bertz CT molecular complexity index is 525. The van der Waals surface area contributed by atoms with Gasteiger partial charge in [0.2, 0.25) is 0 Å². The Balaban J connectivity index is 1.26. The predicted octanol–water partition coefficient (Wildman–Crippen LogP) is 2.13. The first-order chi connectivity index (χ1) is 10.3. The second-order valence-corrected chi connectivity index (χ2v) is 7.15. The van der Waals surface area contributed by atoms with Gasteiger partial charge in [0.1, 0.15) is 0 Å². The summed E-state index contributed by atoms with van der Waals surface area (Å²) in [5, 5.41) is 11.8. The summed E-state index contributed by atoms with van der Waals surface area (Å²) in [5.41, 5.74) is 1.31. The highest BCUT2D eigenvalue weighted by atomic mass is 15.5. The molecule has 2 aliphatic carbocycles. The Kier molecular flexibility index (Phi) is 3.53. The Morgan fingerprint density at radius 1 is 1.24 bits per heavy atom. The van der Waals surface area contributed by atoms with Crippen LogP contribution in [0.3, 0.4) is 0 Å². The lowest BCUT2D eigenvalue weighted by molar-refractivity contribution is 0.0525. The second-order valence-electron chi connectivity index (χ2n) is 7.15. The summed E-state index contributed by atoms with van der Waals surface area (Å²) in [6.45, 7) is 3.51. The molecule has 2 heterocycles. The van der Waals surface area contributed by atoms with Crippen molar-refractivity contribution in [1.29, 1.82) is 0 Å². The quantitative estimate of drug-likeness (QED) is 0.851. The van der Waals surface area contributed by atoms with Crippen LogP contribution in [0.5, 0.6) is 0 Å². The van der Waals surface area contributed by atoms with Crippen molar-refractivity contribution in [3.05, 3.63) is 11.9 Å². The minimum Gasteiger partial charge on any atom is -0.299 e. The molecular weight excluding hydrogens is 262 g/mol. The molecule has 2 saturated carbocycles. The maximum Gasteiger partial charge on any atom is 0.177 e. The van der Waals surface area contributed by atoms with Gasteiger partial charge >= 0.3 is 0 Å². The van der Waals surface area contributed by atoms with Crippen molar-refractivity contribution < 1.29 is 0 Å². The fraction of sp³-hybridized carbons (Fsp3) is 0.812. The zero-order valence-corrected chi connectivity index (χ0v) is 12.9. The molecule has 0 spiro atoms. The van der Waals surface area contributed by atoms with E-state index in [1.807, 2.05) is 7.05 Å². The van der Waals surface area contributed by atoms with E-state index in [1.165, 1.54) is 44.2 Å². The molecule has 0 bridgehead atoms. The predicted molar refractivity (Wildman–Crippen MR) is 81.4 cm³/mol. The monoisotopic (exact) mass is 287 g/mol. The summed E-state index contributed by atoms with van der Waals surface area (Å²) in [7, 11) is 1.91. The Morgan fingerprint density at radius 3 is 2.67 bits per heavy atom. The molecule has 0 N–H and O–H groups in total. The van der Waals surface area contributed by atoms with E-state index < -0.39 is 0 Å². The van der Waals surface area contributed by atoms with Gasteiger partial charge in [-0.1, -0.05) is 25.3 Å². The van der Waals surface area contributed by atoms with Gasteiger partial charge in [0.05, 0.1) is 0 Å². The molecule has 21 heavy (non-hydrogen) atoms. The number of rotatable bonds is 4. The summed E-state index contributed by atoms with van der Waals surface area (Å²) >= 11 is 0. The molecular formula is C16H25N5. The fourth-order valence-electron chi connectivity index (χ4n) is 4.18. The fourth-order valence-corrected chi connectivity index (χ4v) is 4.18. The minimum atomic E-state index is 0.934. The number of hydrogen-bond donors (Lipinski definition) is 0. The van der Waals surface area contributed by atoms with E-state index in [2.05, 4.69) is 26.5 Å². The Morgan fingerprint density at radius 2 is 2.10 bits per heavy atom. The van der Waals surface area contributed by atoms with Crippen LogP contribution in [-0.2, 0) is 7.05 Å². The molecule has 4 rings (SSSR count). The summed E-state index contributed by atoms with van der Waals surface area (Å²) in [4.78, 5) is 2.61. The molecule has 5 nitrogen and oxygen atoms in total. The molecule has 0 unspecified atom stereocenters. The van der Waals surface area contributed by atoms with Gasteiger partial charge in [-0.15, -0.1) is 5.10 Å². The van der Waals surface area contributed by atoms with E-state index in [9.17, 15) is 0 Å². The van der Waals surface area contributed by atoms with Crippen molar-refractivity contribution in [1.82, 2.24) is 25.1 Å². The van der Waals surface area contributed by atoms with Crippen LogP contribution in [0.4, 0.5) is 0 Å². The lowest BCUT2D eigenvalue weighted by atomic mass is 9.62. The number of hydrogen-bond acceptors (Lipinski definition) is 4. The van der Waals surface area contributed by atoms with E-state index in [1.54, 1.807) is 4.68 Å².